The van der Waals surface area contributed by atoms with Crippen LogP contribution in [0.4, 0.5) is 5.69 Å². The Morgan fingerprint density at radius 2 is 2.00 bits per heavy atom. The molecule has 0 radical (unpaired) electrons. The van der Waals surface area contributed by atoms with Gasteiger partial charge in [0.2, 0.25) is 5.91 Å². The number of alkyl halides is 1. The number of carbonyl (C=O) groups excluding carboxylic acids is 1. The number of allylic oxidation sites excluding steroid dienone is 3. The fourth-order valence-electron chi connectivity index (χ4n) is 2.53. The van der Waals surface area contributed by atoms with E-state index < -0.39 is 0 Å². The van der Waals surface area contributed by atoms with Gasteiger partial charge in [-0.2, -0.15) is 0 Å². The van der Waals surface area contributed by atoms with E-state index >= 15 is 0 Å². The van der Waals surface area contributed by atoms with Crippen molar-refractivity contribution in [3.05, 3.63) is 53.3 Å². The van der Waals surface area contributed by atoms with Crippen LogP contribution in [0.1, 0.15) is 30.4 Å². The SMILES string of the molecule is Cc1cccc(C)c1N(/C=C1\CC=CCC1)C(=O)CCl. The molecule has 0 spiro atoms. The monoisotopic (exact) mass is 289 g/mol. The molecular formula is C17H20ClNO. The number of halogens is 1. The number of anilines is 1. The highest BCUT2D eigenvalue weighted by atomic mass is 35.5. The van der Waals surface area contributed by atoms with Gasteiger partial charge < -0.3 is 0 Å². The van der Waals surface area contributed by atoms with Crippen LogP contribution in [0.2, 0.25) is 0 Å². The Bertz CT molecular complexity index is 540. The molecule has 1 aliphatic rings. The van der Waals surface area contributed by atoms with Gasteiger partial charge in [-0.15, -0.1) is 11.6 Å². The fourth-order valence-corrected chi connectivity index (χ4v) is 2.66. The van der Waals surface area contributed by atoms with Crippen molar-refractivity contribution in [2.45, 2.75) is 33.1 Å². The number of hydrogen-bond acceptors (Lipinski definition) is 1. The summed E-state index contributed by atoms with van der Waals surface area (Å²) in [4.78, 5) is 14.0. The second-order valence-corrected chi connectivity index (χ2v) is 5.41. The summed E-state index contributed by atoms with van der Waals surface area (Å²) >= 11 is 5.78. The van der Waals surface area contributed by atoms with Crippen LogP contribution < -0.4 is 4.90 Å². The summed E-state index contributed by atoms with van der Waals surface area (Å²) in [6.07, 6.45) is 9.28. The number of benzene rings is 1. The highest BCUT2D eigenvalue weighted by molar-refractivity contribution is 6.29. The average molecular weight is 290 g/mol. The molecule has 0 unspecified atom stereocenters. The van der Waals surface area contributed by atoms with E-state index in [1.54, 1.807) is 4.90 Å². The summed E-state index contributed by atoms with van der Waals surface area (Å²) < 4.78 is 0. The van der Waals surface area contributed by atoms with Gasteiger partial charge in [-0.1, -0.05) is 30.4 Å². The van der Waals surface area contributed by atoms with E-state index in [9.17, 15) is 4.79 Å². The number of para-hydroxylation sites is 1. The van der Waals surface area contributed by atoms with Gasteiger partial charge in [-0.3, -0.25) is 9.69 Å². The Balaban J connectivity index is 2.42. The van der Waals surface area contributed by atoms with Crippen LogP contribution in [-0.4, -0.2) is 11.8 Å². The second-order valence-electron chi connectivity index (χ2n) is 5.14. The predicted molar refractivity (Wildman–Crippen MR) is 85.2 cm³/mol. The number of rotatable bonds is 3. The molecule has 0 fully saturated rings. The van der Waals surface area contributed by atoms with E-state index in [0.717, 1.165) is 36.1 Å². The summed E-state index contributed by atoms with van der Waals surface area (Å²) in [6, 6.07) is 6.06. The smallest absolute Gasteiger partial charge is 0.245 e. The van der Waals surface area contributed by atoms with Gasteiger partial charge in [0, 0.05) is 6.20 Å². The topological polar surface area (TPSA) is 20.3 Å². The molecule has 0 heterocycles. The third kappa shape index (κ3) is 3.31. The molecule has 0 saturated heterocycles. The third-order valence-electron chi connectivity index (χ3n) is 3.55. The lowest BCUT2D eigenvalue weighted by molar-refractivity contribution is -0.115. The van der Waals surface area contributed by atoms with E-state index in [2.05, 4.69) is 12.2 Å². The zero-order chi connectivity index (χ0) is 14.5. The first-order valence-electron chi connectivity index (χ1n) is 6.92. The van der Waals surface area contributed by atoms with Gasteiger partial charge in [0.25, 0.3) is 0 Å². The Hall–Kier alpha value is -1.54. The molecule has 0 aliphatic heterocycles. The minimum absolute atomic E-state index is 0.00655. The first kappa shape index (κ1) is 14.9. The van der Waals surface area contributed by atoms with E-state index in [1.807, 2.05) is 38.2 Å². The lowest BCUT2D eigenvalue weighted by Gasteiger charge is -2.24. The van der Waals surface area contributed by atoms with Gasteiger partial charge in [0.15, 0.2) is 0 Å². The molecule has 1 aliphatic carbocycles. The van der Waals surface area contributed by atoms with Crippen LogP contribution in [0.5, 0.6) is 0 Å². The Kier molecular flexibility index (Phi) is 5.02. The van der Waals surface area contributed by atoms with E-state index in [-0.39, 0.29) is 11.8 Å². The Morgan fingerprint density at radius 3 is 2.55 bits per heavy atom. The van der Waals surface area contributed by atoms with Crippen molar-refractivity contribution in [1.29, 1.82) is 0 Å². The third-order valence-corrected chi connectivity index (χ3v) is 3.78. The highest BCUT2D eigenvalue weighted by Gasteiger charge is 2.17. The lowest BCUT2D eigenvalue weighted by Crippen LogP contribution is -2.28. The molecule has 1 aromatic carbocycles. The summed E-state index contributed by atoms with van der Waals surface area (Å²) in [5.74, 6) is -0.0842. The van der Waals surface area contributed by atoms with Crippen LogP contribution in [0.25, 0.3) is 0 Å². The fraction of sp³-hybridized carbons (Fsp3) is 0.353. The van der Waals surface area contributed by atoms with E-state index in [1.165, 1.54) is 5.57 Å². The molecule has 0 N–H and O–H groups in total. The van der Waals surface area contributed by atoms with Gasteiger partial charge >= 0.3 is 0 Å². The van der Waals surface area contributed by atoms with Gasteiger partial charge in [-0.25, -0.2) is 0 Å². The second kappa shape index (κ2) is 6.76. The molecule has 1 aromatic rings. The molecule has 2 rings (SSSR count). The number of carbonyl (C=O) groups is 1. The first-order chi connectivity index (χ1) is 9.63. The Labute approximate surface area is 125 Å². The van der Waals surface area contributed by atoms with Crippen LogP contribution in [0.3, 0.4) is 0 Å². The van der Waals surface area contributed by atoms with Gasteiger partial charge in [0.05, 0.1) is 5.69 Å². The minimum atomic E-state index is -0.0777. The zero-order valence-electron chi connectivity index (χ0n) is 12.0. The molecular weight excluding hydrogens is 270 g/mol. The number of amides is 1. The summed E-state index contributed by atoms with van der Waals surface area (Å²) in [5.41, 5.74) is 4.41. The van der Waals surface area contributed by atoms with Gasteiger partial charge in [0.1, 0.15) is 5.88 Å². The van der Waals surface area contributed by atoms with Crippen molar-refractivity contribution in [2.24, 2.45) is 0 Å². The quantitative estimate of drug-likeness (QED) is 0.593. The van der Waals surface area contributed by atoms with Crippen LogP contribution in [-0.2, 0) is 4.79 Å². The average Bonchev–Trinajstić information content (AvgIpc) is 2.46. The Morgan fingerprint density at radius 1 is 1.30 bits per heavy atom. The first-order valence-corrected chi connectivity index (χ1v) is 7.45. The number of nitrogens with zero attached hydrogens (tertiary/aromatic N) is 1. The normalized spacial score (nSPS) is 16.4. The maximum absolute atomic E-state index is 12.2. The summed E-state index contributed by atoms with van der Waals surface area (Å²) in [5, 5.41) is 0. The number of aryl methyl sites for hydroxylation is 2. The zero-order valence-corrected chi connectivity index (χ0v) is 12.8. The molecule has 106 valence electrons. The van der Waals surface area contributed by atoms with Crippen LogP contribution in [0.15, 0.2) is 42.1 Å². The van der Waals surface area contributed by atoms with Crippen molar-refractivity contribution >= 4 is 23.2 Å². The van der Waals surface area contributed by atoms with E-state index in [4.69, 9.17) is 11.6 Å². The lowest BCUT2D eigenvalue weighted by atomic mass is 10.0. The molecule has 1 amide bonds. The number of hydrogen-bond donors (Lipinski definition) is 0. The van der Waals surface area contributed by atoms with Gasteiger partial charge in [-0.05, 0) is 49.8 Å². The largest absolute Gasteiger partial charge is 0.286 e. The van der Waals surface area contributed by atoms with Crippen LogP contribution >= 0.6 is 11.6 Å². The van der Waals surface area contributed by atoms with Crippen LogP contribution in [0, 0.1) is 13.8 Å². The molecule has 20 heavy (non-hydrogen) atoms. The van der Waals surface area contributed by atoms with Crippen molar-refractivity contribution in [3.8, 4) is 0 Å². The van der Waals surface area contributed by atoms with E-state index in [0.29, 0.717) is 0 Å². The van der Waals surface area contributed by atoms with Crippen molar-refractivity contribution in [3.63, 3.8) is 0 Å². The van der Waals surface area contributed by atoms with Crippen molar-refractivity contribution in [1.82, 2.24) is 0 Å². The standard InChI is InChI=1S/C17H20ClNO/c1-13-7-6-8-14(2)17(13)19(16(20)11-18)12-15-9-4-3-5-10-15/h3-4,6-8,12H,5,9-11H2,1-2H3/b15-12+. The summed E-state index contributed by atoms with van der Waals surface area (Å²) in [7, 11) is 0. The molecule has 2 nitrogen and oxygen atoms in total. The molecule has 0 aromatic heterocycles. The maximum Gasteiger partial charge on any atom is 0.245 e. The molecule has 0 atom stereocenters. The predicted octanol–water partition coefficient (Wildman–Crippen LogP) is 4.50. The minimum Gasteiger partial charge on any atom is -0.286 e. The van der Waals surface area contributed by atoms with Crippen molar-refractivity contribution < 1.29 is 4.79 Å². The van der Waals surface area contributed by atoms with Crippen molar-refractivity contribution in [2.75, 3.05) is 10.8 Å². The molecule has 3 heteroatoms. The molecule has 0 bridgehead atoms. The maximum atomic E-state index is 12.2. The highest BCUT2D eigenvalue weighted by Crippen LogP contribution is 2.27. The summed E-state index contributed by atoms with van der Waals surface area (Å²) in [6.45, 7) is 4.05. The molecule has 0 saturated carbocycles.